The molecule has 5 atom stereocenters. The van der Waals surface area contributed by atoms with E-state index in [9.17, 15) is 4.79 Å². The fourth-order valence-corrected chi connectivity index (χ4v) is 6.66. The van der Waals surface area contributed by atoms with Crippen LogP contribution < -0.4 is 15.4 Å². The molecule has 6 rings (SSSR count). The molecular weight excluding hydrogens is 408 g/mol. The maximum absolute atomic E-state index is 13.2. The van der Waals surface area contributed by atoms with Gasteiger partial charge in [0.05, 0.1) is 18.3 Å². The molecule has 168 valence electrons. The second-order valence-corrected chi connectivity index (χ2v) is 9.65. The van der Waals surface area contributed by atoms with E-state index in [2.05, 4.69) is 53.1 Å². The minimum atomic E-state index is -0.0881. The van der Waals surface area contributed by atoms with Gasteiger partial charge < -0.3 is 15.4 Å². The summed E-state index contributed by atoms with van der Waals surface area (Å²) in [5.74, 6) is 3.22. The summed E-state index contributed by atoms with van der Waals surface area (Å²) in [6, 6.07) is 25.0. The number of hydrogen-bond donors (Lipinski definition) is 2. The van der Waals surface area contributed by atoms with Crippen LogP contribution in [0.4, 0.5) is 11.4 Å². The number of para-hydroxylation sites is 2. The standard InChI is InChI=1S/C29H30N2O2/c1-2-33-25-11-7-6-10-24(25)31-29(32)21-14-15-23-22(17-21)26-19-12-13-20(16-19)27(26)28(30-23)18-8-4-3-5-9-18/h3-11,14-15,17,19-20,26-28,30H,2,12-13,16H2,1H3,(H,31,32)/t19-,20-,26-,27+,28+/m0/s1. The highest BCUT2D eigenvalue weighted by molar-refractivity contribution is 6.05. The van der Waals surface area contributed by atoms with Gasteiger partial charge in [0.2, 0.25) is 0 Å². The van der Waals surface area contributed by atoms with Crippen molar-refractivity contribution in [2.75, 3.05) is 17.2 Å². The zero-order chi connectivity index (χ0) is 22.4. The average Bonchev–Trinajstić information content (AvgIpc) is 3.48. The van der Waals surface area contributed by atoms with E-state index < -0.39 is 0 Å². The third kappa shape index (κ3) is 3.49. The topological polar surface area (TPSA) is 50.4 Å². The normalized spacial score (nSPS) is 26.8. The second kappa shape index (κ2) is 8.26. The molecule has 4 nitrogen and oxygen atoms in total. The first-order valence-corrected chi connectivity index (χ1v) is 12.2. The van der Waals surface area contributed by atoms with Crippen molar-refractivity contribution < 1.29 is 9.53 Å². The lowest BCUT2D eigenvalue weighted by atomic mass is 9.68. The number of hydrogen-bond acceptors (Lipinski definition) is 3. The molecule has 3 aliphatic rings. The van der Waals surface area contributed by atoms with Crippen LogP contribution in [0.2, 0.25) is 0 Å². The smallest absolute Gasteiger partial charge is 0.255 e. The first-order valence-electron chi connectivity index (χ1n) is 12.2. The van der Waals surface area contributed by atoms with Crippen LogP contribution in [0.25, 0.3) is 0 Å². The quantitative estimate of drug-likeness (QED) is 0.470. The van der Waals surface area contributed by atoms with Gasteiger partial charge >= 0.3 is 0 Å². The molecule has 0 radical (unpaired) electrons. The third-order valence-electron chi connectivity index (χ3n) is 7.94. The summed E-state index contributed by atoms with van der Waals surface area (Å²) in [6.07, 6.45) is 3.96. The summed E-state index contributed by atoms with van der Waals surface area (Å²) in [6.45, 7) is 2.51. The number of rotatable bonds is 5. The third-order valence-corrected chi connectivity index (χ3v) is 7.94. The van der Waals surface area contributed by atoms with Crippen LogP contribution >= 0.6 is 0 Å². The number of fused-ring (bicyclic) bond motifs is 7. The van der Waals surface area contributed by atoms with E-state index in [0.29, 0.717) is 41.5 Å². The van der Waals surface area contributed by atoms with E-state index in [1.807, 2.05) is 37.3 Å². The second-order valence-electron chi connectivity index (χ2n) is 9.65. The van der Waals surface area contributed by atoms with E-state index >= 15 is 0 Å². The maximum Gasteiger partial charge on any atom is 0.255 e. The maximum atomic E-state index is 13.2. The highest BCUT2D eigenvalue weighted by Crippen LogP contribution is 2.63. The van der Waals surface area contributed by atoms with Crippen LogP contribution in [0.3, 0.4) is 0 Å². The number of amides is 1. The van der Waals surface area contributed by atoms with E-state index in [1.54, 1.807) is 0 Å². The Labute approximate surface area is 195 Å². The zero-order valence-corrected chi connectivity index (χ0v) is 19.0. The van der Waals surface area contributed by atoms with Gasteiger partial charge in [-0.2, -0.15) is 0 Å². The molecule has 1 aliphatic heterocycles. The summed E-state index contributed by atoms with van der Waals surface area (Å²) < 4.78 is 5.68. The van der Waals surface area contributed by atoms with E-state index in [0.717, 1.165) is 11.8 Å². The first-order chi connectivity index (χ1) is 16.2. The van der Waals surface area contributed by atoms with Crippen LogP contribution in [-0.4, -0.2) is 12.5 Å². The van der Waals surface area contributed by atoms with Gasteiger partial charge in [0.25, 0.3) is 5.91 Å². The largest absolute Gasteiger partial charge is 0.492 e. The predicted octanol–water partition coefficient (Wildman–Crippen LogP) is 6.63. The van der Waals surface area contributed by atoms with Gasteiger partial charge in [-0.05, 0) is 91.3 Å². The molecule has 2 aliphatic carbocycles. The van der Waals surface area contributed by atoms with Crippen molar-refractivity contribution in [3.8, 4) is 5.75 Å². The molecule has 3 aromatic carbocycles. The van der Waals surface area contributed by atoms with Crippen LogP contribution in [0.5, 0.6) is 5.75 Å². The summed E-state index contributed by atoms with van der Waals surface area (Å²) in [7, 11) is 0. The minimum Gasteiger partial charge on any atom is -0.492 e. The van der Waals surface area contributed by atoms with Crippen molar-refractivity contribution in [3.63, 3.8) is 0 Å². The molecule has 0 spiro atoms. The molecule has 2 saturated carbocycles. The van der Waals surface area contributed by atoms with Crippen molar-refractivity contribution in [2.45, 2.75) is 38.1 Å². The lowest BCUT2D eigenvalue weighted by molar-refractivity contribution is 0.102. The van der Waals surface area contributed by atoms with Gasteiger partial charge in [-0.3, -0.25) is 4.79 Å². The molecule has 2 bridgehead atoms. The van der Waals surface area contributed by atoms with E-state index in [1.165, 1.54) is 36.1 Å². The minimum absolute atomic E-state index is 0.0881. The molecule has 0 unspecified atom stereocenters. The van der Waals surface area contributed by atoms with Gasteiger partial charge in [0.15, 0.2) is 0 Å². The molecule has 33 heavy (non-hydrogen) atoms. The highest BCUT2D eigenvalue weighted by atomic mass is 16.5. The Morgan fingerprint density at radius 3 is 2.64 bits per heavy atom. The molecule has 1 heterocycles. The van der Waals surface area contributed by atoms with Gasteiger partial charge in [-0.25, -0.2) is 0 Å². The Morgan fingerprint density at radius 2 is 1.79 bits per heavy atom. The molecule has 1 amide bonds. The summed E-state index contributed by atoms with van der Waals surface area (Å²) >= 11 is 0. The molecule has 0 saturated heterocycles. The van der Waals surface area contributed by atoms with Crippen LogP contribution in [0.15, 0.2) is 72.8 Å². The molecule has 3 aromatic rings. The van der Waals surface area contributed by atoms with Crippen molar-refractivity contribution in [2.24, 2.45) is 17.8 Å². The van der Waals surface area contributed by atoms with E-state index in [-0.39, 0.29) is 5.91 Å². The Balaban J connectivity index is 1.33. The van der Waals surface area contributed by atoms with Gasteiger partial charge in [0, 0.05) is 11.3 Å². The summed E-state index contributed by atoms with van der Waals surface area (Å²) in [4.78, 5) is 13.2. The molecule has 4 heteroatoms. The molecular formula is C29H30N2O2. The Kier molecular flexibility index (Phi) is 5.09. The fourth-order valence-electron chi connectivity index (χ4n) is 6.66. The summed E-state index contributed by atoms with van der Waals surface area (Å²) in [5, 5.41) is 6.92. The zero-order valence-electron chi connectivity index (χ0n) is 19.0. The predicted molar refractivity (Wildman–Crippen MR) is 132 cm³/mol. The van der Waals surface area contributed by atoms with Crippen LogP contribution in [0, 0.1) is 17.8 Å². The lowest BCUT2D eigenvalue weighted by Gasteiger charge is -2.43. The van der Waals surface area contributed by atoms with Crippen LogP contribution in [0.1, 0.15) is 59.6 Å². The van der Waals surface area contributed by atoms with Gasteiger partial charge in [-0.15, -0.1) is 0 Å². The van der Waals surface area contributed by atoms with Crippen LogP contribution in [-0.2, 0) is 0 Å². The number of carbonyl (C=O) groups excluding carboxylic acids is 1. The fraction of sp³-hybridized carbons (Fsp3) is 0.345. The van der Waals surface area contributed by atoms with Gasteiger partial charge in [0.1, 0.15) is 5.75 Å². The van der Waals surface area contributed by atoms with Crippen molar-refractivity contribution in [1.29, 1.82) is 0 Å². The number of nitrogens with one attached hydrogen (secondary N) is 2. The van der Waals surface area contributed by atoms with Crippen molar-refractivity contribution >= 4 is 17.3 Å². The molecule has 2 fully saturated rings. The lowest BCUT2D eigenvalue weighted by Crippen LogP contribution is -2.35. The van der Waals surface area contributed by atoms with Crippen molar-refractivity contribution in [1.82, 2.24) is 0 Å². The Hall–Kier alpha value is -3.27. The number of anilines is 2. The highest BCUT2D eigenvalue weighted by Gasteiger charge is 2.53. The Bertz CT molecular complexity index is 1180. The van der Waals surface area contributed by atoms with Crippen molar-refractivity contribution in [3.05, 3.63) is 89.5 Å². The number of ether oxygens (including phenoxy) is 1. The van der Waals surface area contributed by atoms with E-state index in [4.69, 9.17) is 4.74 Å². The Morgan fingerprint density at radius 1 is 1.00 bits per heavy atom. The monoisotopic (exact) mass is 438 g/mol. The average molecular weight is 439 g/mol. The number of benzene rings is 3. The summed E-state index contributed by atoms with van der Waals surface area (Å²) in [5.41, 5.74) is 5.30. The molecule has 2 N–H and O–H groups in total. The number of carbonyl (C=O) groups is 1. The van der Waals surface area contributed by atoms with Gasteiger partial charge in [-0.1, -0.05) is 42.5 Å². The first kappa shape index (κ1) is 20.3. The SMILES string of the molecule is CCOc1ccccc1NC(=O)c1ccc2c(c1)[C@@H]1[C@H]3CC[C@@H](C3)[C@H]1[C@@H](c1ccccc1)N2. The molecule has 0 aromatic heterocycles.